The van der Waals surface area contributed by atoms with Crippen LogP contribution in [0, 0.1) is 11.8 Å². The maximum atomic E-state index is 12.4. The highest BCUT2D eigenvalue weighted by Gasteiger charge is 2.49. The summed E-state index contributed by atoms with van der Waals surface area (Å²) in [5, 5.41) is 1.20. The van der Waals surface area contributed by atoms with Crippen LogP contribution in [0.1, 0.15) is 30.6 Å². The number of carbonyl (C=O) groups excluding carboxylic acids is 1. The van der Waals surface area contributed by atoms with Crippen molar-refractivity contribution in [3.63, 3.8) is 0 Å². The molecule has 0 spiro atoms. The van der Waals surface area contributed by atoms with Gasteiger partial charge in [-0.3, -0.25) is 0 Å². The summed E-state index contributed by atoms with van der Waals surface area (Å²) in [5.74, 6) is 1.67. The summed E-state index contributed by atoms with van der Waals surface area (Å²) in [6.07, 6.45) is 3.66. The van der Waals surface area contributed by atoms with Crippen LogP contribution in [0.15, 0.2) is 24.0 Å². The topological polar surface area (TPSA) is 74.2 Å². The van der Waals surface area contributed by atoms with Gasteiger partial charge in [0.25, 0.3) is 0 Å². The third-order valence-corrected chi connectivity index (χ3v) is 7.32. The molecule has 1 aromatic heterocycles. The van der Waals surface area contributed by atoms with E-state index < -0.39 is 0 Å². The highest BCUT2D eigenvalue weighted by Crippen LogP contribution is 2.42. The van der Waals surface area contributed by atoms with E-state index >= 15 is 0 Å². The number of ether oxygens (including phenoxy) is 4. The fourth-order valence-corrected chi connectivity index (χ4v) is 5.77. The molecule has 1 saturated heterocycles. The number of carbonyl (C=O) groups is 1. The van der Waals surface area contributed by atoms with Crippen molar-refractivity contribution in [1.29, 1.82) is 0 Å². The molecule has 2 N–H and O–H groups in total. The average molecular weight is 413 g/mol. The van der Waals surface area contributed by atoms with Crippen LogP contribution in [-0.4, -0.2) is 51.5 Å². The Morgan fingerprint density at radius 1 is 1.20 bits per heavy atom. The Bertz CT molecular complexity index is 1030. The minimum absolute atomic E-state index is 0.106. The van der Waals surface area contributed by atoms with Crippen molar-refractivity contribution in [3.05, 3.63) is 35.2 Å². The Kier molecular flexibility index (Phi) is 4.65. The van der Waals surface area contributed by atoms with Crippen molar-refractivity contribution in [3.8, 4) is 11.5 Å². The first-order valence-corrected chi connectivity index (χ1v) is 10.6. The lowest BCUT2D eigenvalue weighted by atomic mass is 9.72. The lowest BCUT2D eigenvalue weighted by molar-refractivity contribution is -0.944. The number of aromatic nitrogens is 1. The Labute approximate surface area is 175 Å². The Balaban J connectivity index is 1.56. The Morgan fingerprint density at radius 3 is 2.70 bits per heavy atom. The molecule has 0 bridgehead atoms. The number of rotatable bonds is 3. The molecule has 7 heteroatoms. The van der Waals surface area contributed by atoms with Crippen LogP contribution < -0.4 is 14.4 Å². The molecule has 5 atom stereocenters. The second-order valence-electron chi connectivity index (χ2n) is 8.60. The highest BCUT2D eigenvalue weighted by molar-refractivity contribution is 5.89. The molecule has 7 nitrogen and oxygen atoms in total. The van der Waals surface area contributed by atoms with Gasteiger partial charge in [-0.25, -0.2) is 4.79 Å². The number of fused-ring (bicyclic) bond motifs is 6. The summed E-state index contributed by atoms with van der Waals surface area (Å²) < 4.78 is 21.9. The lowest BCUT2D eigenvalue weighted by Crippen LogP contribution is -3.15. The van der Waals surface area contributed by atoms with Crippen LogP contribution in [0.3, 0.4) is 0 Å². The van der Waals surface area contributed by atoms with Crippen molar-refractivity contribution >= 4 is 16.9 Å². The molecule has 1 fully saturated rings. The van der Waals surface area contributed by atoms with Crippen LogP contribution in [0.2, 0.25) is 0 Å². The highest BCUT2D eigenvalue weighted by atomic mass is 16.5. The maximum Gasteiger partial charge on any atom is 0.337 e. The van der Waals surface area contributed by atoms with Crippen molar-refractivity contribution in [2.45, 2.75) is 31.9 Å². The van der Waals surface area contributed by atoms with Crippen LogP contribution >= 0.6 is 0 Å². The normalized spacial score (nSPS) is 29.7. The van der Waals surface area contributed by atoms with E-state index in [1.165, 1.54) is 23.8 Å². The second-order valence-corrected chi connectivity index (χ2v) is 8.60. The molecule has 1 aromatic carbocycles. The number of hydrogen-bond donors (Lipinski definition) is 2. The predicted molar refractivity (Wildman–Crippen MR) is 111 cm³/mol. The van der Waals surface area contributed by atoms with E-state index in [1.807, 2.05) is 6.07 Å². The zero-order chi connectivity index (χ0) is 21.0. The quantitative estimate of drug-likeness (QED) is 0.751. The number of benzene rings is 1. The van der Waals surface area contributed by atoms with Gasteiger partial charge in [0, 0.05) is 30.2 Å². The summed E-state index contributed by atoms with van der Waals surface area (Å²) in [6, 6.07) is 4.42. The molecule has 1 unspecified atom stereocenters. The molecule has 0 radical (unpaired) electrons. The van der Waals surface area contributed by atoms with Crippen molar-refractivity contribution in [2.24, 2.45) is 11.8 Å². The zero-order valence-electron chi connectivity index (χ0n) is 17.9. The molecule has 2 aromatic rings. The van der Waals surface area contributed by atoms with Gasteiger partial charge in [-0.1, -0.05) is 0 Å². The van der Waals surface area contributed by atoms with Gasteiger partial charge >= 0.3 is 5.97 Å². The fraction of sp³-hybridized carbons (Fsp3) is 0.522. The van der Waals surface area contributed by atoms with Crippen molar-refractivity contribution in [1.82, 2.24) is 4.98 Å². The molecule has 0 aliphatic carbocycles. The fourth-order valence-electron chi connectivity index (χ4n) is 5.77. The molecule has 4 heterocycles. The van der Waals surface area contributed by atoms with Crippen molar-refractivity contribution < 1.29 is 28.6 Å². The number of H-pyrrole nitrogens is 1. The summed E-state index contributed by atoms with van der Waals surface area (Å²) in [5.41, 5.74) is 4.39. The SMILES string of the molecule is COC(=O)C1=CO[C@H](C)[C@H]2C[NH+]3CCc4c([nH]c5cc(OC)c(OC)cc45)[C@@H]3C[C@H]12. The van der Waals surface area contributed by atoms with Gasteiger partial charge in [0.1, 0.15) is 12.1 Å². The molecule has 5 rings (SSSR count). The molecule has 30 heavy (non-hydrogen) atoms. The molecule has 3 aliphatic rings. The smallest absolute Gasteiger partial charge is 0.337 e. The summed E-state index contributed by atoms with van der Waals surface area (Å²) in [4.78, 5) is 17.7. The molecule has 160 valence electrons. The number of piperidine rings is 1. The lowest BCUT2D eigenvalue weighted by Gasteiger charge is -2.46. The van der Waals surface area contributed by atoms with Gasteiger partial charge in [-0.15, -0.1) is 0 Å². The Hall–Kier alpha value is -2.67. The zero-order valence-corrected chi connectivity index (χ0v) is 17.9. The van der Waals surface area contributed by atoms with Gasteiger partial charge in [0.15, 0.2) is 11.5 Å². The van der Waals surface area contributed by atoms with E-state index in [4.69, 9.17) is 18.9 Å². The van der Waals surface area contributed by atoms with E-state index in [1.54, 1.807) is 25.4 Å². The maximum absolute atomic E-state index is 12.4. The summed E-state index contributed by atoms with van der Waals surface area (Å²) in [6.45, 7) is 4.18. The van der Waals surface area contributed by atoms with E-state index in [0.717, 1.165) is 42.9 Å². The summed E-state index contributed by atoms with van der Waals surface area (Å²) in [7, 11) is 4.77. The summed E-state index contributed by atoms with van der Waals surface area (Å²) >= 11 is 0. The van der Waals surface area contributed by atoms with Crippen LogP contribution in [0.4, 0.5) is 0 Å². The number of aromatic amines is 1. The van der Waals surface area contributed by atoms with Crippen LogP contribution in [0.25, 0.3) is 10.9 Å². The molecule has 0 saturated carbocycles. The number of methoxy groups -OCH3 is 3. The first-order valence-electron chi connectivity index (χ1n) is 10.6. The van der Waals surface area contributed by atoms with Gasteiger partial charge in [0.05, 0.1) is 63.4 Å². The minimum Gasteiger partial charge on any atom is -0.497 e. The second kappa shape index (κ2) is 7.23. The Morgan fingerprint density at radius 2 is 1.97 bits per heavy atom. The first-order chi connectivity index (χ1) is 14.5. The van der Waals surface area contributed by atoms with E-state index in [-0.39, 0.29) is 18.0 Å². The largest absolute Gasteiger partial charge is 0.497 e. The van der Waals surface area contributed by atoms with E-state index in [9.17, 15) is 4.79 Å². The third-order valence-electron chi connectivity index (χ3n) is 7.32. The first kappa shape index (κ1) is 19.3. The van der Waals surface area contributed by atoms with Gasteiger partial charge in [0.2, 0.25) is 0 Å². The predicted octanol–water partition coefficient (Wildman–Crippen LogP) is 1.78. The minimum atomic E-state index is -0.275. The van der Waals surface area contributed by atoms with Gasteiger partial charge in [-0.05, 0) is 18.6 Å². The number of hydrogen-bond acceptors (Lipinski definition) is 5. The van der Waals surface area contributed by atoms with E-state index in [2.05, 4.69) is 18.0 Å². The van der Waals surface area contributed by atoms with Gasteiger partial charge < -0.3 is 28.8 Å². The third kappa shape index (κ3) is 2.79. The number of esters is 1. The standard InChI is InChI=1S/C23H28N2O5/c1-12-16-10-25-6-5-13-15-8-20(27-2)21(28-3)9-18(15)24-22(13)19(25)7-14(16)17(11-30-12)23(26)29-4/h8-9,11-12,14,16,19,24H,5-7,10H2,1-4H3/p+1/t12-,14+,16-,19+/m1/s1. The molecule has 3 aliphatic heterocycles. The molecular weight excluding hydrogens is 384 g/mol. The monoisotopic (exact) mass is 413 g/mol. The number of quaternary nitrogens is 1. The molecular formula is C23H29N2O5+. The van der Waals surface area contributed by atoms with Crippen molar-refractivity contribution in [2.75, 3.05) is 34.4 Å². The van der Waals surface area contributed by atoms with Crippen LogP contribution in [0.5, 0.6) is 11.5 Å². The molecule has 0 amide bonds. The number of nitrogens with one attached hydrogen (secondary N) is 2. The van der Waals surface area contributed by atoms with Crippen LogP contribution in [-0.2, 0) is 20.7 Å². The average Bonchev–Trinajstić information content (AvgIpc) is 3.14. The van der Waals surface area contributed by atoms with E-state index in [0.29, 0.717) is 17.5 Å². The van der Waals surface area contributed by atoms with Gasteiger partial charge in [-0.2, -0.15) is 0 Å².